The average Bonchev–Trinajstić information content (AvgIpc) is 2.60. The lowest BCUT2D eigenvalue weighted by atomic mass is 9.79. The lowest BCUT2D eigenvalue weighted by Gasteiger charge is -2.31. The molecule has 2 N–H and O–H groups in total. The molecule has 1 nitrogen and oxygen atoms in total. The Morgan fingerprint density at radius 2 is 1.58 bits per heavy atom. The summed E-state index contributed by atoms with van der Waals surface area (Å²) in [5.74, 6) is 0. The SMILES string of the molecule is NC1(c2ccccc2Cl)CCCCc2ccccc21. The highest BCUT2D eigenvalue weighted by molar-refractivity contribution is 6.31. The van der Waals surface area contributed by atoms with Crippen molar-refractivity contribution in [2.75, 3.05) is 0 Å². The zero-order chi connectivity index (χ0) is 13.3. The minimum Gasteiger partial charge on any atom is -0.318 e. The molecule has 2 aromatic rings. The van der Waals surface area contributed by atoms with E-state index in [4.69, 9.17) is 17.3 Å². The summed E-state index contributed by atoms with van der Waals surface area (Å²) in [5.41, 5.74) is 10.0. The van der Waals surface area contributed by atoms with E-state index in [1.807, 2.05) is 18.2 Å². The minimum absolute atomic E-state index is 0.453. The molecule has 19 heavy (non-hydrogen) atoms. The van der Waals surface area contributed by atoms with Crippen molar-refractivity contribution in [2.45, 2.75) is 31.2 Å². The van der Waals surface area contributed by atoms with E-state index in [0.717, 1.165) is 29.8 Å². The second-order valence-electron chi connectivity index (χ2n) is 5.32. The number of fused-ring (bicyclic) bond motifs is 1. The van der Waals surface area contributed by atoms with Crippen LogP contribution in [-0.2, 0) is 12.0 Å². The molecule has 0 aliphatic heterocycles. The number of rotatable bonds is 1. The largest absolute Gasteiger partial charge is 0.318 e. The van der Waals surface area contributed by atoms with Gasteiger partial charge >= 0.3 is 0 Å². The van der Waals surface area contributed by atoms with Crippen LogP contribution in [-0.4, -0.2) is 0 Å². The normalized spacial score (nSPS) is 22.6. The first-order valence-electron chi connectivity index (χ1n) is 6.84. The number of benzene rings is 2. The topological polar surface area (TPSA) is 26.0 Å². The molecule has 0 bridgehead atoms. The van der Waals surface area contributed by atoms with Gasteiger partial charge in [-0.2, -0.15) is 0 Å². The van der Waals surface area contributed by atoms with Crippen LogP contribution in [0.4, 0.5) is 0 Å². The monoisotopic (exact) mass is 271 g/mol. The van der Waals surface area contributed by atoms with Crippen molar-refractivity contribution in [3.63, 3.8) is 0 Å². The maximum atomic E-state index is 6.81. The maximum Gasteiger partial charge on any atom is 0.0682 e. The van der Waals surface area contributed by atoms with Crippen molar-refractivity contribution in [3.05, 3.63) is 70.2 Å². The smallest absolute Gasteiger partial charge is 0.0682 e. The molecule has 3 rings (SSSR count). The molecule has 0 amide bonds. The van der Waals surface area contributed by atoms with Gasteiger partial charge in [0.05, 0.1) is 5.54 Å². The van der Waals surface area contributed by atoms with Crippen LogP contribution in [0.15, 0.2) is 48.5 Å². The minimum atomic E-state index is -0.453. The summed E-state index contributed by atoms with van der Waals surface area (Å²) in [6, 6.07) is 16.5. The Labute approximate surface area is 119 Å². The number of aryl methyl sites for hydroxylation is 1. The van der Waals surface area contributed by atoms with Crippen molar-refractivity contribution < 1.29 is 0 Å². The summed E-state index contributed by atoms with van der Waals surface area (Å²) in [6.45, 7) is 0. The van der Waals surface area contributed by atoms with E-state index in [1.165, 1.54) is 17.5 Å². The van der Waals surface area contributed by atoms with Gasteiger partial charge in [0.15, 0.2) is 0 Å². The number of nitrogens with two attached hydrogens (primary N) is 1. The Hall–Kier alpha value is -1.31. The van der Waals surface area contributed by atoms with E-state index >= 15 is 0 Å². The summed E-state index contributed by atoms with van der Waals surface area (Å²) in [5, 5.41) is 0.765. The lowest BCUT2D eigenvalue weighted by molar-refractivity contribution is 0.480. The van der Waals surface area contributed by atoms with Gasteiger partial charge in [-0.25, -0.2) is 0 Å². The van der Waals surface area contributed by atoms with E-state index in [0.29, 0.717) is 0 Å². The molecule has 2 aromatic carbocycles. The number of halogens is 1. The van der Waals surface area contributed by atoms with Crippen molar-refractivity contribution in [1.82, 2.24) is 0 Å². The van der Waals surface area contributed by atoms with Crippen LogP contribution in [0.3, 0.4) is 0 Å². The third-order valence-electron chi connectivity index (χ3n) is 4.12. The van der Waals surface area contributed by atoms with Crippen LogP contribution in [0.5, 0.6) is 0 Å². The van der Waals surface area contributed by atoms with E-state index < -0.39 is 5.54 Å². The predicted octanol–water partition coefficient (Wildman–Crippen LogP) is 4.27. The highest BCUT2D eigenvalue weighted by Gasteiger charge is 2.34. The third kappa shape index (κ3) is 2.18. The van der Waals surface area contributed by atoms with Gasteiger partial charge in [-0.1, -0.05) is 60.5 Å². The number of hydrogen-bond donors (Lipinski definition) is 1. The van der Waals surface area contributed by atoms with E-state index in [1.54, 1.807) is 0 Å². The first kappa shape index (κ1) is 12.7. The molecule has 1 aliphatic rings. The van der Waals surface area contributed by atoms with Gasteiger partial charge in [-0.15, -0.1) is 0 Å². The fourth-order valence-corrected chi connectivity index (χ4v) is 3.43. The molecule has 98 valence electrons. The zero-order valence-electron chi connectivity index (χ0n) is 10.9. The second-order valence-corrected chi connectivity index (χ2v) is 5.72. The van der Waals surface area contributed by atoms with Crippen LogP contribution < -0.4 is 5.73 Å². The molecule has 0 aromatic heterocycles. The predicted molar refractivity (Wildman–Crippen MR) is 80.4 cm³/mol. The van der Waals surface area contributed by atoms with Gasteiger partial charge in [0, 0.05) is 5.02 Å². The van der Waals surface area contributed by atoms with Gasteiger partial charge in [0.1, 0.15) is 0 Å². The molecule has 0 heterocycles. The Morgan fingerprint density at radius 1 is 0.895 bits per heavy atom. The van der Waals surface area contributed by atoms with E-state index in [-0.39, 0.29) is 0 Å². The molecule has 0 spiro atoms. The van der Waals surface area contributed by atoms with Gasteiger partial charge in [-0.05, 0) is 42.0 Å². The maximum absolute atomic E-state index is 6.81. The highest BCUT2D eigenvalue weighted by atomic mass is 35.5. The Kier molecular flexibility index (Phi) is 3.34. The molecule has 1 unspecified atom stereocenters. The molecule has 0 saturated carbocycles. The highest BCUT2D eigenvalue weighted by Crippen LogP contribution is 2.40. The van der Waals surface area contributed by atoms with Crippen LogP contribution in [0.1, 0.15) is 36.0 Å². The van der Waals surface area contributed by atoms with Gasteiger partial charge in [-0.3, -0.25) is 0 Å². The lowest BCUT2D eigenvalue weighted by Crippen LogP contribution is -2.38. The summed E-state index contributed by atoms with van der Waals surface area (Å²) in [6.07, 6.45) is 4.39. The fraction of sp³-hybridized carbons (Fsp3) is 0.294. The van der Waals surface area contributed by atoms with E-state index in [2.05, 4.69) is 30.3 Å². The molecule has 0 radical (unpaired) electrons. The van der Waals surface area contributed by atoms with Crippen molar-refractivity contribution >= 4 is 11.6 Å². The van der Waals surface area contributed by atoms with Crippen LogP contribution in [0, 0.1) is 0 Å². The zero-order valence-corrected chi connectivity index (χ0v) is 11.7. The van der Waals surface area contributed by atoms with Gasteiger partial charge in [0.25, 0.3) is 0 Å². The Morgan fingerprint density at radius 3 is 2.37 bits per heavy atom. The second kappa shape index (κ2) is 4.99. The Bertz CT molecular complexity index is 593. The Balaban J connectivity index is 2.20. The first-order chi connectivity index (χ1) is 9.22. The van der Waals surface area contributed by atoms with Gasteiger partial charge < -0.3 is 5.73 Å². The van der Waals surface area contributed by atoms with Crippen molar-refractivity contribution in [1.29, 1.82) is 0 Å². The third-order valence-corrected chi connectivity index (χ3v) is 4.45. The van der Waals surface area contributed by atoms with E-state index in [9.17, 15) is 0 Å². The quantitative estimate of drug-likeness (QED) is 0.770. The van der Waals surface area contributed by atoms with Crippen LogP contribution in [0.2, 0.25) is 5.02 Å². The van der Waals surface area contributed by atoms with Gasteiger partial charge in [0.2, 0.25) is 0 Å². The number of hydrogen-bond acceptors (Lipinski definition) is 1. The van der Waals surface area contributed by atoms with Crippen molar-refractivity contribution in [3.8, 4) is 0 Å². The summed E-state index contributed by atoms with van der Waals surface area (Å²) >= 11 is 6.39. The van der Waals surface area contributed by atoms with Crippen LogP contribution >= 0.6 is 11.6 Å². The molecule has 1 atom stereocenters. The molecule has 1 aliphatic carbocycles. The molecular weight excluding hydrogens is 254 g/mol. The average molecular weight is 272 g/mol. The molecule has 2 heteroatoms. The fourth-order valence-electron chi connectivity index (χ4n) is 3.13. The van der Waals surface area contributed by atoms with Crippen molar-refractivity contribution in [2.24, 2.45) is 5.73 Å². The summed E-state index contributed by atoms with van der Waals surface area (Å²) in [4.78, 5) is 0. The molecule has 0 fully saturated rings. The first-order valence-corrected chi connectivity index (χ1v) is 7.22. The standard InChI is InChI=1S/C17H18ClN/c18-16-11-4-3-10-15(16)17(19)12-6-5-8-13-7-1-2-9-14(13)17/h1-4,7,9-11H,5-6,8,12,19H2. The summed E-state index contributed by atoms with van der Waals surface area (Å²) < 4.78 is 0. The molecular formula is C17H18ClN. The molecule has 0 saturated heterocycles. The van der Waals surface area contributed by atoms with Crippen LogP contribution in [0.25, 0.3) is 0 Å². The summed E-state index contributed by atoms with van der Waals surface area (Å²) in [7, 11) is 0.